The van der Waals surface area contributed by atoms with Crippen LogP contribution >= 0.6 is 22.9 Å². The maximum atomic E-state index is 11.8. The maximum Gasteiger partial charge on any atom is 0.261 e. The molecule has 1 saturated carbocycles. The molecule has 0 saturated heterocycles. The highest BCUT2D eigenvalue weighted by atomic mass is 35.5. The molecule has 0 aliphatic heterocycles. The van der Waals surface area contributed by atoms with Crippen molar-refractivity contribution in [1.82, 2.24) is 5.32 Å². The van der Waals surface area contributed by atoms with Crippen LogP contribution in [-0.2, 0) is 0 Å². The van der Waals surface area contributed by atoms with Gasteiger partial charge in [0.1, 0.15) is 0 Å². The number of amides is 1. The second-order valence-electron chi connectivity index (χ2n) is 4.57. The van der Waals surface area contributed by atoms with Gasteiger partial charge >= 0.3 is 0 Å². The molecule has 0 bridgehead atoms. The van der Waals surface area contributed by atoms with Crippen LogP contribution in [0.4, 0.5) is 0 Å². The van der Waals surface area contributed by atoms with E-state index < -0.39 is 5.60 Å². The zero-order valence-electron chi connectivity index (χ0n) is 9.54. The van der Waals surface area contributed by atoms with Gasteiger partial charge in [0.05, 0.1) is 14.8 Å². The van der Waals surface area contributed by atoms with E-state index in [0.29, 0.717) is 15.8 Å². The zero-order valence-corrected chi connectivity index (χ0v) is 11.1. The van der Waals surface area contributed by atoms with Crippen molar-refractivity contribution in [2.24, 2.45) is 0 Å². The molecule has 5 heteroatoms. The lowest BCUT2D eigenvalue weighted by molar-refractivity contribution is 0.00529. The van der Waals surface area contributed by atoms with E-state index in [0.717, 1.165) is 25.7 Å². The lowest BCUT2D eigenvalue weighted by Crippen LogP contribution is -2.44. The van der Waals surface area contributed by atoms with Crippen molar-refractivity contribution in [3.63, 3.8) is 0 Å². The Bertz CT molecular complexity index is 399. The minimum atomic E-state index is -0.713. The fourth-order valence-corrected chi connectivity index (χ4v) is 3.11. The third-order valence-electron chi connectivity index (χ3n) is 3.16. The van der Waals surface area contributed by atoms with Gasteiger partial charge in [0.25, 0.3) is 5.91 Å². The van der Waals surface area contributed by atoms with Gasteiger partial charge in [0, 0.05) is 6.54 Å². The molecule has 0 aromatic carbocycles. The van der Waals surface area contributed by atoms with E-state index in [2.05, 4.69) is 5.32 Å². The molecule has 0 atom stereocenters. The van der Waals surface area contributed by atoms with Crippen molar-refractivity contribution in [2.45, 2.75) is 37.7 Å². The Balaban J connectivity index is 1.87. The molecule has 3 nitrogen and oxygen atoms in total. The molecule has 1 fully saturated rings. The van der Waals surface area contributed by atoms with E-state index in [-0.39, 0.29) is 5.91 Å². The van der Waals surface area contributed by atoms with E-state index in [1.54, 1.807) is 12.1 Å². The fourth-order valence-electron chi connectivity index (χ4n) is 2.15. The van der Waals surface area contributed by atoms with Crippen molar-refractivity contribution in [2.75, 3.05) is 6.54 Å². The maximum absolute atomic E-state index is 11.8. The predicted molar refractivity (Wildman–Crippen MR) is 69.7 cm³/mol. The Hall–Kier alpha value is -0.580. The van der Waals surface area contributed by atoms with Gasteiger partial charge < -0.3 is 10.4 Å². The van der Waals surface area contributed by atoms with Crippen LogP contribution in [0.1, 0.15) is 41.8 Å². The highest BCUT2D eigenvalue weighted by molar-refractivity contribution is 7.17. The summed E-state index contributed by atoms with van der Waals surface area (Å²) in [6, 6.07) is 3.41. The van der Waals surface area contributed by atoms with Crippen LogP contribution in [-0.4, -0.2) is 23.2 Å². The third-order valence-corrected chi connectivity index (χ3v) is 4.39. The molecule has 17 heavy (non-hydrogen) atoms. The summed E-state index contributed by atoms with van der Waals surface area (Å²) in [7, 11) is 0. The molecule has 1 heterocycles. The molecule has 1 aliphatic rings. The lowest BCUT2D eigenvalue weighted by atomic mass is 9.85. The number of halogens is 1. The van der Waals surface area contributed by atoms with Crippen molar-refractivity contribution in [1.29, 1.82) is 0 Å². The Morgan fingerprint density at radius 1 is 1.41 bits per heavy atom. The predicted octanol–water partition coefficient (Wildman–Crippen LogP) is 2.83. The Kier molecular flexibility index (Phi) is 4.07. The van der Waals surface area contributed by atoms with Gasteiger partial charge in [-0.2, -0.15) is 0 Å². The van der Waals surface area contributed by atoms with Crippen LogP contribution in [0.15, 0.2) is 12.1 Å². The number of nitrogens with one attached hydrogen (secondary N) is 1. The van der Waals surface area contributed by atoms with Gasteiger partial charge in [-0.1, -0.05) is 30.9 Å². The first-order valence-corrected chi connectivity index (χ1v) is 7.04. The summed E-state index contributed by atoms with van der Waals surface area (Å²) in [5, 5.41) is 13.0. The number of hydrogen-bond acceptors (Lipinski definition) is 3. The summed E-state index contributed by atoms with van der Waals surface area (Å²) in [4.78, 5) is 12.4. The van der Waals surface area contributed by atoms with Gasteiger partial charge in [-0.3, -0.25) is 4.79 Å². The summed E-state index contributed by atoms with van der Waals surface area (Å²) in [5.74, 6) is -0.152. The van der Waals surface area contributed by atoms with Crippen LogP contribution in [0, 0.1) is 0 Å². The quantitative estimate of drug-likeness (QED) is 0.890. The minimum absolute atomic E-state index is 0.152. The number of aliphatic hydroxyl groups is 1. The van der Waals surface area contributed by atoms with Crippen molar-refractivity contribution >= 4 is 28.8 Å². The molecule has 0 spiro atoms. The molecule has 2 rings (SSSR count). The third kappa shape index (κ3) is 3.44. The monoisotopic (exact) mass is 273 g/mol. The molecule has 0 radical (unpaired) electrons. The summed E-state index contributed by atoms with van der Waals surface area (Å²) in [5.41, 5.74) is -0.713. The number of carbonyl (C=O) groups excluding carboxylic acids is 1. The van der Waals surface area contributed by atoms with E-state index in [1.165, 1.54) is 17.8 Å². The van der Waals surface area contributed by atoms with Gasteiger partial charge in [0.15, 0.2) is 0 Å². The lowest BCUT2D eigenvalue weighted by Gasteiger charge is -2.32. The highest BCUT2D eigenvalue weighted by Gasteiger charge is 2.29. The largest absolute Gasteiger partial charge is 0.388 e. The normalized spacial score (nSPS) is 18.9. The summed E-state index contributed by atoms with van der Waals surface area (Å²) in [6.45, 7) is 0.335. The van der Waals surface area contributed by atoms with Crippen molar-refractivity contribution in [3.8, 4) is 0 Å². The molecule has 0 unspecified atom stereocenters. The first kappa shape index (κ1) is 12.9. The Labute approximate surface area is 110 Å². The minimum Gasteiger partial charge on any atom is -0.388 e. The molecular weight excluding hydrogens is 258 g/mol. The smallest absolute Gasteiger partial charge is 0.261 e. The van der Waals surface area contributed by atoms with Crippen LogP contribution in [0.5, 0.6) is 0 Å². The van der Waals surface area contributed by atoms with Crippen LogP contribution in [0.3, 0.4) is 0 Å². The first-order valence-electron chi connectivity index (χ1n) is 5.85. The number of thiophene rings is 1. The number of carbonyl (C=O) groups is 1. The summed E-state index contributed by atoms with van der Waals surface area (Å²) in [6.07, 6.45) is 4.81. The van der Waals surface area contributed by atoms with Gasteiger partial charge in [0.2, 0.25) is 0 Å². The molecule has 2 N–H and O–H groups in total. The fraction of sp³-hybridized carbons (Fsp3) is 0.583. The topological polar surface area (TPSA) is 49.3 Å². The molecule has 1 amide bonds. The van der Waals surface area contributed by atoms with Crippen molar-refractivity contribution < 1.29 is 9.90 Å². The Morgan fingerprint density at radius 3 is 2.71 bits per heavy atom. The zero-order chi connectivity index (χ0) is 12.3. The van der Waals surface area contributed by atoms with Crippen LogP contribution in [0.25, 0.3) is 0 Å². The van der Waals surface area contributed by atoms with Crippen LogP contribution < -0.4 is 5.32 Å². The first-order chi connectivity index (χ1) is 8.09. The molecule has 94 valence electrons. The average Bonchev–Trinajstić information content (AvgIpc) is 2.74. The van der Waals surface area contributed by atoms with E-state index in [4.69, 9.17) is 11.6 Å². The molecular formula is C12H16ClNO2S. The van der Waals surface area contributed by atoms with E-state index in [9.17, 15) is 9.90 Å². The second-order valence-corrected chi connectivity index (χ2v) is 6.29. The van der Waals surface area contributed by atoms with E-state index >= 15 is 0 Å². The SMILES string of the molecule is O=C(NCC1(O)CCCCC1)c1ccc(Cl)s1. The summed E-state index contributed by atoms with van der Waals surface area (Å²) < 4.78 is 0.603. The van der Waals surface area contributed by atoms with E-state index in [1.807, 2.05) is 0 Å². The highest BCUT2D eigenvalue weighted by Crippen LogP contribution is 2.27. The number of hydrogen-bond donors (Lipinski definition) is 2. The van der Waals surface area contributed by atoms with Gasteiger partial charge in [-0.05, 0) is 25.0 Å². The summed E-state index contributed by atoms with van der Waals surface area (Å²) >= 11 is 7.02. The average molecular weight is 274 g/mol. The standard InChI is InChI=1S/C12H16ClNO2S/c13-10-5-4-9(17-10)11(15)14-8-12(16)6-2-1-3-7-12/h4-5,16H,1-3,6-8H2,(H,14,15). The number of rotatable bonds is 3. The molecule has 1 aliphatic carbocycles. The van der Waals surface area contributed by atoms with Crippen LogP contribution in [0.2, 0.25) is 4.34 Å². The van der Waals surface area contributed by atoms with Crippen molar-refractivity contribution in [3.05, 3.63) is 21.3 Å². The second kappa shape index (κ2) is 5.38. The van der Waals surface area contributed by atoms with Gasteiger partial charge in [-0.25, -0.2) is 0 Å². The molecule has 1 aromatic rings. The van der Waals surface area contributed by atoms with Gasteiger partial charge in [-0.15, -0.1) is 11.3 Å². The molecule has 1 aromatic heterocycles. The Morgan fingerprint density at radius 2 is 2.12 bits per heavy atom.